The highest BCUT2D eigenvalue weighted by atomic mass is 16.3. The first kappa shape index (κ1) is 29.1. The van der Waals surface area contributed by atoms with Gasteiger partial charge in [0.05, 0.1) is 24.8 Å². The summed E-state index contributed by atoms with van der Waals surface area (Å²) in [5.74, 6) is 0.859. The Hall–Kier alpha value is -1.14. The molecule has 2 saturated heterocycles. The molecule has 2 aliphatic rings. The van der Waals surface area contributed by atoms with E-state index in [1.807, 2.05) is 53.4 Å². The summed E-state index contributed by atoms with van der Waals surface area (Å²) < 4.78 is 0. The Morgan fingerprint density at radius 3 is 1.93 bits per heavy atom. The summed E-state index contributed by atoms with van der Waals surface area (Å²) in [5, 5.41) is 18.5. The lowest BCUT2D eigenvalue weighted by molar-refractivity contribution is -0.137. The van der Waals surface area contributed by atoms with Crippen LogP contribution in [0, 0.1) is 5.92 Å². The lowest BCUT2D eigenvalue weighted by Gasteiger charge is -2.36. The summed E-state index contributed by atoms with van der Waals surface area (Å²) in [5.41, 5.74) is 0. The standard InChI is InChI=1S/2C9H17NO2.2C2H6/c1-3-9(12)10-5-7(2)4-8(10)6-11;1-3-9(12)10-6-4-5-8(11)7(10)2;2*1-2/h2*7-8,11H,3-6H2,1-2H3;2*1-2H3. The highest BCUT2D eigenvalue weighted by Crippen LogP contribution is 2.22. The van der Waals surface area contributed by atoms with Gasteiger partial charge in [-0.05, 0) is 32.1 Å². The Morgan fingerprint density at radius 1 is 0.964 bits per heavy atom. The van der Waals surface area contributed by atoms with Crippen LogP contribution in [0.25, 0.3) is 0 Å². The van der Waals surface area contributed by atoms with Gasteiger partial charge in [-0.15, -0.1) is 0 Å². The fraction of sp³-hybridized carbons (Fsp3) is 0.909. The Kier molecular flexibility index (Phi) is 17.4. The number of carbonyl (C=O) groups excluding carboxylic acids is 2. The monoisotopic (exact) mass is 402 g/mol. The first-order chi connectivity index (χ1) is 13.3. The summed E-state index contributed by atoms with van der Waals surface area (Å²) in [4.78, 5) is 26.3. The number of aliphatic hydroxyl groups excluding tert-OH is 2. The molecule has 6 nitrogen and oxygen atoms in total. The van der Waals surface area contributed by atoms with Crippen molar-refractivity contribution in [2.75, 3.05) is 19.7 Å². The van der Waals surface area contributed by atoms with Gasteiger partial charge in [0.1, 0.15) is 0 Å². The Morgan fingerprint density at radius 2 is 1.46 bits per heavy atom. The van der Waals surface area contributed by atoms with Crippen molar-refractivity contribution in [1.82, 2.24) is 9.80 Å². The lowest BCUT2D eigenvalue weighted by atomic mass is 10.00. The van der Waals surface area contributed by atoms with E-state index < -0.39 is 0 Å². The van der Waals surface area contributed by atoms with Crippen molar-refractivity contribution < 1.29 is 19.8 Å². The molecular formula is C22H46N2O4. The molecule has 28 heavy (non-hydrogen) atoms. The van der Waals surface area contributed by atoms with Gasteiger partial charge < -0.3 is 20.0 Å². The molecule has 0 aromatic rings. The van der Waals surface area contributed by atoms with Gasteiger partial charge in [0.25, 0.3) is 0 Å². The van der Waals surface area contributed by atoms with Crippen LogP contribution in [0.5, 0.6) is 0 Å². The number of aliphatic hydroxyl groups is 2. The minimum Gasteiger partial charge on any atom is -0.394 e. The second-order valence-corrected chi connectivity index (χ2v) is 6.97. The van der Waals surface area contributed by atoms with Crippen LogP contribution in [0.4, 0.5) is 0 Å². The van der Waals surface area contributed by atoms with Crippen LogP contribution in [0.1, 0.15) is 87.5 Å². The largest absolute Gasteiger partial charge is 0.394 e. The quantitative estimate of drug-likeness (QED) is 0.758. The van der Waals surface area contributed by atoms with Crippen molar-refractivity contribution in [2.45, 2.75) is 106 Å². The molecule has 2 amide bonds. The molecule has 0 aromatic heterocycles. The van der Waals surface area contributed by atoms with Crippen molar-refractivity contribution in [3.63, 3.8) is 0 Å². The summed E-state index contributed by atoms with van der Waals surface area (Å²) in [6, 6.07) is 0.0821. The molecule has 168 valence electrons. The lowest BCUT2D eigenvalue weighted by Crippen LogP contribution is -2.49. The van der Waals surface area contributed by atoms with E-state index in [9.17, 15) is 14.7 Å². The third-order valence-corrected chi connectivity index (χ3v) is 5.03. The Labute approximate surface area is 173 Å². The molecule has 4 unspecified atom stereocenters. The molecule has 0 bridgehead atoms. The minimum atomic E-state index is -0.325. The normalized spacial score (nSPS) is 26.1. The highest BCUT2D eigenvalue weighted by molar-refractivity contribution is 5.76. The molecular weight excluding hydrogens is 356 g/mol. The van der Waals surface area contributed by atoms with E-state index in [0.29, 0.717) is 18.8 Å². The third kappa shape index (κ3) is 9.37. The van der Waals surface area contributed by atoms with E-state index in [1.54, 1.807) is 4.90 Å². The van der Waals surface area contributed by atoms with E-state index >= 15 is 0 Å². The molecule has 6 heteroatoms. The number of hydrogen-bond donors (Lipinski definition) is 2. The zero-order valence-electron chi connectivity index (χ0n) is 19.6. The van der Waals surface area contributed by atoms with E-state index in [4.69, 9.17) is 5.11 Å². The van der Waals surface area contributed by atoms with Crippen molar-refractivity contribution >= 4 is 11.8 Å². The average Bonchev–Trinajstić information content (AvgIpc) is 3.13. The molecule has 2 rings (SSSR count). The van der Waals surface area contributed by atoms with Gasteiger partial charge in [0.2, 0.25) is 11.8 Å². The highest BCUT2D eigenvalue weighted by Gasteiger charge is 2.31. The van der Waals surface area contributed by atoms with Crippen LogP contribution in [0.3, 0.4) is 0 Å². The molecule has 0 spiro atoms. The number of carbonyl (C=O) groups is 2. The number of piperidine rings is 1. The predicted octanol–water partition coefficient (Wildman–Crippen LogP) is 3.45. The van der Waals surface area contributed by atoms with Crippen LogP contribution in [-0.2, 0) is 9.59 Å². The van der Waals surface area contributed by atoms with Gasteiger partial charge in [-0.2, -0.15) is 0 Å². The maximum atomic E-state index is 11.3. The molecule has 2 aliphatic heterocycles. The molecule has 0 aliphatic carbocycles. The molecule has 2 fully saturated rings. The Bertz CT molecular complexity index is 401. The van der Waals surface area contributed by atoms with Crippen LogP contribution in [0.2, 0.25) is 0 Å². The summed E-state index contributed by atoms with van der Waals surface area (Å²) in [6.07, 6.45) is 3.46. The van der Waals surface area contributed by atoms with Crippen molar-refractivity contribution in [2.24, 2.45) is 5.92 Å². The van der Waals surface area contributed by atoms with Gasteiger partial charge in [0, 0.05) is 25.9 Å². The Balaban J connectivity index is 0. The van der Waals surface area contributed by atoms with E-state index in [2.05, 4.69) is 6.92 Å². The van der Waals surface area contributed by atoms with Crippen molar-refractivity contribution in [3.8, 4) is 0 Å². The van der Waals surface area contributed by atoms with Crippen molar-refractivity contribution in [1.29, 1.82) is 0 Å². The third-order valence-electron chi connectivity index (χ3n) is 5.03. The summed E-state index contributed by atoms with van der Waals surface area (Å²) in [7, 11) is 0. The zero-order valence-corrected chi connectivity index (χ0v) is 19.6. The topological polar surface area (TPSA) is 81.1 Å². The second kappa shape index (κ2) is 16.8. The maximum Gasteiger partial charge on any atom is 0.222 e. The zero-order chi connectivity index (χ0) is 22.3. The van der Waals surface area contributed by atoms with Gasteiger partial charge in [-0.3, -0.25) is 9.59 Å². The van der Waals surface area contributed by atoms with Crippen molar-refractivity contribution in [3.05, 3.63) is 0 Å². The fourth-order valence-electron chi connectivity index (χ4n) is 3.51. The van der Waals surface area contributed by atoms with Crippen LogP contribution < -0.4 is 0 Å². The molecule has 0 radical (unpaired) electrons. The summed E-state index contributed by atoms with van der Waals surface area (Å²) >= 11 is 0. The first-order valence-corrected chi connectivity index (χ1v) is 11.2. The minimum absolute atomic E-state index is 0.00574. The van der Waals surface area contributed by atoms with Crippen LogP contribution >= 0.6 is 0 Å². The second-order valence-electron chi connectivity index (χ2n) is 6.97. The van der Waals surface area contributed by atoms with Gasteiger partial charge in [-0.1, -0.05) is 48.5 Å². The molecule has 0 saturated carbocycles. The molecule has 4 atom stereocenters. The van der Waals surface area contributed by atoms with Crippen LogP contribution in [0.15, 0.2) is 0 Å². The number of amides is 2. The summed E-state index contributed by atoms with van der Waals surface area (Å²) in [6.45, 7) is 17.5. The van der Waals surface area contributed by atoms with E-state index in [-0.39, 0.29) is 36.6 Å². The predicted molar refractivity (Wildman–Crippen MR) is 116 cm³/mol. The fourth-order valence-corrected chi connectivity index (χ4v) is 3.51. The first-order valence-electron chi connectivity index (χ1n) is 11.2. The number of rotatable bonds is 3. The van der Waals surface area contributed by atoms with Gasteiger partial charge in [-0.25, -0.2) is 0 Å². The van der Waals surface area contributed by atoms with E-state index in [0.717, 1.165) is 32.4 Å². The smallest absolute Gasteiger partial charge is 0.222 e. The van der Waals surface area contributed by atoms with Gasteiger partial charge in [0.15, 0.2) is 0 Å². The average molecular weight is 403 g/mol. The molecule has 0 aromatic carbocycles. The number of hydrogen-bond acceptors (Lipinski definition) is 4. The molecule has 2 N–H and O–H groups in total. The SMILES string of the molecule is CC.CC.CCC(=O)N1CC(C)CC1CO.CCC(=O)N1CCCC(O)C1C. The number of likely N-dealkylation sites (tertiary alicyclic amines) is 2. The molecule has 2 heterocycles. The van der Waals surface area contributed by atoms with Crippen LogP contribution in [-0.4, -0.2) is 69.7 Å². The number of nitrogens with zero attached hydrogens (tertiary/aromatic N) is 2. The van der Waals surface area contributed by atoms with Gasteiger partial charge >= 0.3 is 0 Å². The van der Waals surface area contributed by atoms with E-state index in [1.165, 1.54) is 0 Å². The maximum absolute atomic E-state index is 11.3.